The van der Waals surface area contributed by atoms with Gasteiger partial charge in [-0.2, -0.15) is 5.10 Å². The molecule has 0 fully saturated rings. The van der Waals surface area contributed by atoms with E-state index in [-0.39, 0.29) is 16.6 Å². The monoisotopic (exact) mass is 328 g/mol. The van der Waals surface area contributed by atoms with Gasteiger partial charge in [0.1, 0.15) is 17.8 Å². The molecule has 0 unspecified atom stereocenters. The smallest absolute Gasteiger partial charge is 0.271 e. The van der Waals surface area contributed by atoms with Gasteiger partial charge < -0.3 is 5.32 Å². The number of aromatic nitrogens is 5. The quantitative estimate of drug-likeness (QED) is 0.745. The van der Waals surface area contributed by atoms with Gasteiger partial charge in [-0.1, -0.05) is 41.9 Å². The molecule has 2 aromatic heterocycles. The minimum Gasteiger partial charge on any atom is -0.350 e. The Morgan fingerprint density at radius 1 is 1.26 bits per heavy atom. The van der Waals surface area contributed by atoms with Crippen molar-refractivity contribution < 1.29 is 4.79 Å². The first-order chi connectivity index (χ1) is 11.2. The average Bonchev–Trinajstić information content (AvgIpc) is 3.05. The summed E-state index contributed by atoms with van der Waals surface area (Å²) < 4.78 is 0. The van der Waals surface area contributed by atoms with Crippen LogP contribution in [0.5, 0.6) is 0 Å². The highest BCUT2D eigenvalue weighted by atomic mass is 35.5. The first-order valence-electron chi connectivity index (χ1n) is 6.94. The molecule has 0 aliphatic carbocycles. The minimum atomic E-state index is -0.347. The molecular formula is C15H13ClN6O. The molecule has 2 heterocycles. The zero-order valence-corrected chi connectivity index (χ0v) is 12.8. The second-order valence-electron chi connectivity index (χ2n) is 4.70. The third kappa shape index (κ3) is 3.70. The predicted octanol–water partition coefficient (Wildman–Crippen LogP) is 1.89. The van der Waals surface area contributed by atoms with Gasteiger partial charge in [-0.05, 0) is 0 Å². The molecule has 0 saturated carbocycles. The number of H-pyrrole nitrogens is 1. The number of carbonyl (C=O) groups excluding carboxylic acids is 1. The normalized spacial score (nSPS) is 10.5. The van der Waals surface area contributed by atoms with Crippen molar-refractivity contribution in [2.75, 3.05) is 6.54 Å². The summed E-state index contributed by atoms with van der Waals surface area (Å²) in [5, 5.41) is 9.99. The lowest BCUT2D eigenvalue weighted by Crippen LogP contribution is -2.27. The maximum Gasteiger partial charge on any atom is 0.271 e. The van der Waals surface area contributed by atoms with Gasteiger partial charge in [0.15, 0.2) is 5.82 Å². The van der Waals surface area contributed by atoms with E-state index >= 15 is 0 Å². The zero-order valence-electron chi connectivity index (χ0n) is 12.0. The fourth-order valence-corrected chi connectivity index (χ4v) is 2.17. The molecule has 0 aliphatic rings. The standard InChI is InChI=1S/C15H13ClN6O/c16-11-8-17-9-19-13(11)15(23)18-7-6-12-20-14(22-21-12)10-4-2-1-3-5-10/h1-5,8-9H,6-7H2,(H,18,23)(H,20,21,22). The van der Waals surface area contributed by atoms with Gasteiger partial charge in [-0.3, -0.25) is 9.89 Å². The first kappa shape index (κ1) is 15.1. The molecule has 0 aliphatic heterocycles. The van der Waals surface area contributed by atoms with Crippen LogP contribution in [0.1, 0.15) is 16.3 Å². The molecule has 8 heteroatoms. The van der Waals surface area contributed by atoms with Crippen molar-refractivity contribution in [3.63, 3.8) is 0 Å². The highest BCUT2D eigenvalue weighted by Crippen LogP contribution is 2.13. The van der Waals surface area contributed by atoms with Gasteiger partial charge in [0.2, 0.25) is 0 Å². The third-order valence-electron chi connectivity index (χ3n) is 3.09. The van der Waals surface area contributed by atoms with E-state index in [0.717, 1.165) is 5.56 Å². The van der Waals surface area contributed by atoms with Crippen molar-refractivity contribution in [3.05, 3.63) is 59.4 Å². The maximum atomic E-state index is 12.0. The molecule has 7 nitrogen and oxygen atoms in total. The summed E-state index contributed by atoms with van der Waals surface area (Å²) in [7, 11) is 0. The van der Waals surface area contributed by atoms with Crippen LogP contribution in [0.2, 0.25) is 5.02 Å². The Hall–Kier alpha value is -2.80. The number of nitrogens with zero attached hydrogens (tertiary/aromatic N) is 4. The van der Waals surface area contributed by atoms with Crippen LogP contribution in [0.3, 0.4) is 0 Å². The van der Waals surface area contributed by atoms with Gasteiger partial charge in [-0.15, -0.1) is 0 Å². The van der Waals surface area contributed by atoms with Crippen molar-refractivity contribution >= 4 is 17.5 Å². The highest BCUT2D eigenvalue weighted by molar-refractivity contribution is 6.33. The van der Waals surface area contributed by atoms with Crippen LogP contribution in [-0.4, -0.2) is 37.6 Å². The van der Waals surface area contributed by atoms with Crippen LogP contribution in [0.25, 0.3) is 11.4 Å². The van der Waals surface area contributed by atoms with E-state index in [1.807, 2.05) is 30.3 Å². The van der Waals surface area contributed by atoms with Gasteiger partial charge in [-0.25, -0.2) is 15.0 Å². The Labute approximate surface area is 137 Å². The summed E-state index contributed by atoms with van der Waals surface area (Å²) in [6, 6.07) is 9.66. The maximum absolute atomic E-state index is 12.0. The molecule has 0 radical (unpaired) electrons. The Morgan fingerprint density at radius 2 is 2.09 bits per heavy atom. The van der Waals surface area contributed by atoms with Crippen LogP contribution in [0.4, 0.5) is 0 Å². The number of hydrogen-bond acceptors (Lipinski definition) is 5. The molecule has 2 N–H and O–H groups in total. The van der Waals surface area contributed by atoms with E-state index in [1.165, 1.54) is 12.5 Å². The van der Waals surface area contributed by atoms with Crippen LogP contribution < -0.4 is 5.32 Å². The van der Waals surface area contributed by atoms with Gasteiger partial charge in [0.25, 0.3) is 5.91 Å². The van der Waals surface area contributed by atoms with E-state index in [2.05, 4.69) is 30.5 Å². The van der Waals surface area contributed by atoms with Crippen LogP contribution in [-0.2, 0) is 6.42 Å². The summed E-state index contributed by atoms with van der Waals surface area (Å²) in [5.74, 6) is 0.976. The number of rotatable bonds is 5. The average molecular weight is 329 g/mol. The molecule has 3 aromatic rings. The van der Waals surface area contributed by atoms with E-state index in [4.69, 9.17) is 11.6 Å². The van der Waals surface area contributed by atoms with Crippen molar-refractivity contribution in [3.8, 4) is 11.4 Å². The lowest BCUT2D eigenvalue weighted by Gasteiger charge is -2.03. The first-order valence-corrected chi connectivity index (χ1v) is 7.32. The number of carbonyl (C=O) groups is 1. The van der Waals surface area contributed by atoms with Crippen molar-refractivity contribution in [2.24, 2.45) is 0 Å². The number of benzene rings is 1. The Kier molecular flexibility index (Phi) is 4.58. The molecule has 1 amide bonds. The van der Waals surface area contributed by atoms with E-state index < -0.39 is 0 Å². The molecule has 1 aromatic carbocycles. The second-order valence-corrected chi connectivity index (χ2v) is 5.10. The van der Waals surface area contributed by atoms with Crippen molar-refractivity contribution in [2.45, 2.75) is 6.42 Å². The predicted molar refractivity (Wildman–Crippen MR) is 84.9 cm³/mol. The summed E-state index contributed by atoms with van der Waals surface area (Å²) >= 11 is 5.87. The Bertz CT molecular complexity index is 804. The molecule has 23 heavy (non-hydrogen) atoms. The summed E-state index contributed by atoms with van der Waals surface area (Å²) in [6.07, 6.45) is 3.18. The fourth-order valence-electron chi connectivity index (χ4n) is 1.98. The molecule has 0 saturated heterocycles. The third-order valence-corrected chi connectivity index (χ3v) is 3.37. The lowest BCUT2D eigenvalue weighted by molar-refractivity contribution is 0.0949. The highest BCUT2D eigenvalue weighted by Gasteiger charge is 2.12. The number of aromatic amines is 1. The molecular weight excluding hydrogens is 316 g/mol. The van der Waals surface area contributed by atoms with Crippen LogP contribution in [0.15, 0.2) is 42.9 Å². The Morgan fingerprint density at radius 3 is 2.87 bits per heavy atom. The number of nitrogens with one attached hydrogen (secondary N) is 2. The summed E-state index contributed by atoms with van der Waals surface area (Å²) in [6.45, 7) is 0.391. The molecule has 0 atom stereocenters. The largest absolute Gasteiger partial charge is 0.350 e. The van der Waals surface area contributed by atoms with Gasteiger partial charge in [0.05, 0.1) is 5.02 Å². The van der Waals surface area contributed by atoms with Gasteiger partial charge >= 0.3 is 0 Å². The summed E-state index contributed by atoms with van der Waals surface area (Å²) in [4.78, 5) is 23.9. The fraction of sp³-hybridized carbons (Fsp3) is 0.133. The zero-order chi connectivity index (χ0) is 16.1. The van der Waals surface area contributed by atoms with Crippen molar-refractivity contribution in [1.29, 1.82) is 0 Å². The van der Waals surface area contributed by atoms with Crippen LogP contribution >= 0.6 is 11.6 Å². The summed E-state index contributed by atoms with van der Waals surface area (Å²) in [5.41, 5.74) is 1.09. The number of hydrogen-bond donors (Lipinski definition) is 2. The number of amides is 1. The van der Waals surface area contributed by atoms with Crippen LogP contribution in [0, 0.1) is 0 Å². The lowest BCUT2D eigenvalue weighted by atomic mass is 10.2. The van der Waals surface area contributed by atoms with E-state index in [1.54, 1.807) is 0 Å². The van der Waals surface area contributed by atoms with E-state index in [9.17, 15) is 4.79 Å². The number of halogens is 1. The molecule has 3 rings (SSSR count). The Balaban J connectivity index is 1.56. The van der Waals surface area contributed by atoms with Gasteiger partial charge in [0, 0.05) is 24.7 Å². The molecule has 0 bridgehead atoms. The topological polar surface area (TPSA) is 96.5 Å². The minimum absolute atomic E-state index is 0.157. The molecule has 0 spiro atoms. The SMILES string of the molecule is O=C(NCCc1nc(-c2ccccc2)n[nH]1)c1ncncc1Cl. The van der Waals surface area contributed by atoms with Crippen molar-refractivity contribution in [1.82, 2.24) is 30.5 Å². The second kappa shape index (κ2) is 6.97. The van der Waals surface area contributed by atoms with E-state index in [0.29, 0.717) is 24.6 Å². The molecule has 116 valence electrons.